The Labute approximate surface area is 208 Å². The summed E-state index contributed by atoms with van der Waals surface area (Å²) < 4.78 is 9.64. The number of hydrogen-bond acceptors (Lipinski definition) is 6. The summed E-state index contributed by atoms with van der Waals surface area (Å²) in [6.07, 6.45) is 2.95. The molecule has 184 valence electrons. The number of aromatic nitrogens is 5. The van der Waals surface area contributed by atoms with E-state index < -0.39 is 0 Å². The van der Waals surface area contributed by atoms with Crippen LogP contribution in [0, 0.1) is 13.8 Å². The zero-order valence-electron chi connectivity index (χ0n) is 20.5. The van der Waals surface area contributed by atoms with Gasteiger partial charge >= 0.3 is 0 Å². The summed E-state index contributed by atoms with van der Waals surface area (Å²) in [6, 6.07) is 9.29. The normalized spacial score (nSPS) is 14.2. The Balaban J connectivity index is 1.65. The molecular formula is C26H27N7O3. The SMILES string of the molecule is C=CC(=O)N1CCOc2c(cnn2C)-c2cc(cc(C)n2)C(=O)Nc2nc3cccc(C)c3n2CC1. The summed E-state index contributed by atoms with van der Waals surface area (Å²) in [5, 5.41) is 7.30. The lowest BCUT2D eigenvalue weighted by Gasteiger charge is -2.22. The molecule has 0 fully saturated rings. The second-order valence-corrected chi connectivity index (χ2v) is 8.73. The van der Waals surface area contributed by atoms with Crippen LogP contribution in [0.15, 0.2) is 49.2 Å². The highest BCUT2D eigenvalue weighted by Gasteiger charge is 2.21. The van der Waals surface area contributed by atoms with Crippen molar-refractivity contribution >= 4 is 28.8 Å². The molecular weight excluding hydrogens is 458 g/mol. The van der Waals surface area contributed by atoms with Crippen LogP contribution in [0.1, 0.15) is 21.6 Å². The molecule has 4 heterocycles. The van der Waals surface area contributed by atoms with Gasteiger partial charge in [0.2, 0.25) is 17.7 Å². The third kappa shape index (κ3) is 4.21. The van der Waals surface area contributed by atoms with Gasteiger partial charge in [0.05, 0.1) is 35.0 Å². The van der Waals surface area contributed by atoms with Gasteiger partial charge in [0.25, 0.3) is 5.91 Å². The maximum atomic E-state index is 13.4. The topological polar surface area (TPSA) is 107 Å². The molecule has 1 aliphatic rings. The molecule has 2 bridgehead atoms. The summed E-state index contributed by atoms with van der Waals surface area (Å²) in [5.74, 6) is 0.411. The van der Waals surface area contributed by atoms with E-state index in [0.29, 0.717) is 54.0 Å². The van der Waals surface area contributed by atoms with E-state index >= 15 is 0 Å². The maximum Gasteiger partial charge on any atom is 0.258 e. The van der Waals surface area contributed by atoms with Crippen LogP contribution >= 0.6 is 0 Å². The van der Waals surface area contributed by atoms with Crippen molar-refractivity contribution in [1.82, 2.24) is 29.2 Å². The van der Waals surface area contributed by atoms with Gasteiger partial charge in [-0.3, -0.25) is 19.9 Å². The molecule has 2 amide bonds. The number of benzene rings is 1. The van der Waals surface area contributed by atoms with Crippen molar-refractivity contribution in [3.8, 4) is 17.1 Å². The van der Waals surface area contributed by atoms with Crippen molar-refractivity contribution in [1.29, 1.82) is 0 Å². The summed E-state index contributed by atoms with van der Waals surface area (Å²) >= 11 is 0. The molecule has 1 aliphatic heterocycles. The number of para-hydroxylation sites is 1. The van der Waals surface area contributed by atoms with Gasteiger partial charge in [-0.1, -0.05) is 18.7 Å². The van der Waals surface area contributed by atoms with Crippen LogP contribution in [0.2, 0.25) is 0 Å². The van der Waals surface area contributed by atoms with Gasteiger partial charge in [-0.2, -0.15) is 5.10 Å². The van der Waals surface area contributed by atoms with Gasteiger partial charge in [0.15, 0.2) is 0 Å². The van der Waals surface area contributed by atoms with Crippen molar-refractivity contribution in [3.63, 3.8) is 0 Å². The van der Waals surface area contributed by atoms with Crippen molar-refractivity contribution in [2.45, 2.75) is 20.4 Å². The number of imidazole rings is 1. The third-order valence-electron chi connectivity index (χ3n) is 6.25. The highest BCUT2D eigenvalue weighted by atomic mass is 16.5. The smallest absolute Gasteiger partial charge is 0.258 e. The molecule has 0 saturated heterocycles. The molecule has 4 aromatic rings. The number of hydrogen-bond donors (Lipinski definition) is 1. The number of carbonyl (C=O) groups is 2. The van der Waals surface area contributed by atoms with Gasteiger partial charge in [-0.15, -0.1) is 0 Å². The zero-order chi connectivity index (χ0) is 25.4. The lowest BCUT2D eigenvalue weighted by molar-refractivity contribution is -0.126. The van der Waals surface area contributed by atoms with Crippen LogP contribution in [0.4, 0.5) is 5.95 Å². The van der Waals surface area contributed by atoms with Crippen LogP contribution in [0.5, 0.6) is 5.88 Å². The molecule has 5 rings (SSSR count). The molecule has 0 unspecified atom stereocenters. The fraction of sp³-hybridized carbons (Fsp3) is 0.269. The first-order valence-electron chi connectivity index (χ1n) is 11.7. The maximum absolute atomic E-state index is 13.4. The molecule has 10 heteroatoms. The second-order valence-electron chi connectivity index (χ2n) is 8.73. The largest absolute Gasteiger partial charge is 0.475 e. The first-order chi connectivity index (χ1) is 17.4. The van der Waals surface area contributed by atoms with E-state index in [0.717, 1.165) is 16.6 Å². The van der Waals surface area contributed by atoms with Crippen molar-refractivity contribution in [3.05, 3.63) is 66.0 Å². The Morgan fingerprint density at radius 3 is 2.81 bits per heavy atom. The summed E-state index contributed by atoms with van der Waals surface area (Å²) in [4.78, 5) is 37.0. The quantitative estimate of drug-likeness (QED) is 0.415. The van der Waals surface area contributed by atoms with E-state index in [9.17, 15) is 9.59 Å². The minimum atomic E-state index is -0.309. The molecule has 1 aromatic carbocycles. The molecule has 0 spiro atoms. The average molecular weight is 486 g/mol. The number of rotatable bonds is 1. The van der Waals surface area contributed by atoms with Crippen LogP contribution in [-0.2, 0) is 18.4 Å². The molecule has 0 aliphatic carbocycles. The Morgan fingerprint density at radius 1 is 1.17 bits per heavy atom. The van der Waals surface area contributed by atoms with E-state index in [1.165, 1.54) is 6.08 Å². The molecule has 1 N–H and O–H groups in total. The first kappa shape index (κ1) is 23.3. The van der Waals surface area contributed by atoms with Gasteiger partial charge in [-0.05, 0) is 43.7 Å². The summed E-state index contributed by atoms with van der Waals surface area (Å²) in [5.41, 5.74) is 5.06. The Hall–Kier alpha value is -4.47. The van der Waals surface area contributed by atoms with E-state index in [2.05, 4.69) is 22.0 Å². The number of nitrogens with one attached hydrogen (secondary N) is 1. The monoisotopic (exact) mass is 485 g/mol. The second kappa shape index (κ2) is 9.29. The van der Waals surface area contributed by atoms with E-state index in [-0.39, 0.29) is 18.4 Å². The van der Waals surface area contributed by atoms with Crippen molar-refractivity contribution < 1.29 is 14.3 Å². The Bertz CT molecular complexity index is 1500. The molecule has 36 heavy (non-hydrogen) atoms. The molecule has 3 aromatic heterocycles. The number of carbonyl (C=O) groups excluding carboxylic acids is 2. The Kier molecular flexibility index (Phi) is 6.01. The standard InChI is InChI=1S/C26H27N7O3/c1-5-22(34)32-9-10-33-23-16(2)7-6-8-20(23)29-26(33)30-24(35)18-13-17(3)28-21(14-18)19-15-27-31(4)25(19)36-12-11-32/h5-8,13-15H,1,9-12H2,2-4H3,(H,29,30,35). The fourth-order valence-electron chi connectivity index (χ4n) is 4.50. The number of amides is 2. The van der Waals surface area contributed by atoms with Crippen LogP contribution in [0.3, 0.4) is 0 Å². The lowest BCUT2D eigenvalue weighted by Crippen LogP contribution is -2.36. The van der Waals surface area contributed by atoms with Crippen LogP contribution in [-0.4, -0.2) is 60.7 Å². The zero-order valence-corrected chi connectivity index (χ0v) is 20.5. The van der Waals surface area contributed by atoms with E-state index in [1.807, 2.05) is 36.6 Å². The number of pyridine rings is 1. The number of fused-ring (bicyclic) bond motifs is 7. The highest BCUT2D eigenvalue weighted by Crippen LogP contribution is 2.30. The predicted octanol–water partition coefficient (Wildman–Crippen LogP) is 3.11. The van der Waals surface area contributed by atoms with Crippen molar-refractivity contribution in [2.75, 3.05) is 25.0 Å². The molecule has 0 saturated carbocycles. The van der Waals surface area contributed by atoms with E-state index in [4.69, 9.17) is 9.72 Å². The minimum Gasteiger partial charge on any atom is -0.475 e. The highest BCUT2D eigenvalue weighted by molar-refractivity contribution is 6.05. The third-order valence-corrected chi connectivity index (χ3v) is 6.25. The predicted molar refractivity (Wildman–Crippen MR) is 136 cm³/mol. The van der Waals surface area contributed by atoms with Gasteiger partial charge in [0, 0.05) is 31.4 Å². The van der Waals surface area contributed by atoms with Gasteiger partial charge in [-0.25, -0.2) is 9.67 Å². The van der Waals surface area contributed by atoms with Crippen LogP contribution < -0.4 is 10.1 Å². The number of nitrogens with zero attached hydrogens (tertiary/aromatic N) is 6. The summed E-state index contributed by atoms with van der Waals surface area (Å²) in [7, 11) is 1.77. The number of ether oxygens (including phenoxy) is 1. The van der Waals surface area contributed by atoms with Crippen molar-refractivity contribution in [2.24, 2.45) is 7.05 Å². The number of aryl methyl sites for hydroxylation is 3. The average Bonchev–Trinajstić information content (AvgIpc) is 3.40. The number of anilines is 1. The molecule has 0 radical (unpaired) electrons. The summed E-state index contributed by atoms with van der Waals surface area (Å²) in [6.45, 7) is 8.88. The van der Waals surface area contributed by atoms with Crippen LogP contribution in [0.25, 0.3) is 22.3 Å². The fourth-order valence-corrected chi connectivity index (χ4v) is 4.50. The van der Waals surface area contributed by atoms with Gasteiger partial charge in [0.1, 0.15) is 6.61 Å². The molecule has 0 atom stereocenters. The molecule has 10 nitrogen and oxygen atoms in total. The first-order valence-corrected chi connectivity index (χ1v) is 11.7. The van der Waals surface area contributed by atoms with Gasteiger partial charge < -0.3 is 14.2 Å². The Morgan fingerprint density at radius 2 is 2.00 bits per heavy atom. The minimum absolute atomic E-state index is 0.205. The van der Waals surface area contributed by atoms with E-state index in [1.54, 1.807) is 35.0 Å². The lowest BCUT2D eigenvalue weighted by atomic mass is 10.1.